The summed E-state index contributed by atoms with van der Waals surface area (Å²) < 4.78 is 25.1. The van der Waals surface area contributed by atoms with Gasteiger partial charge in [0, 0.05) is 13.2 Å². The highest BCUT2D eigenvalue weighted by molar-refractivity contribution is 6.63. The fraction of sp³-hybridized carbons (Fsp3) is 0.250. The highest BCUT2D eigenvalue weighted by Crippen LogP contribution is 2.27. The van der Waals surface area contributed by atoms with E-state index >= 15 is 0 Å². The van der Waals surface area contributed by atoms with Crippen molar-refractivity contribution < 1.29 is 18.0 Å². The molecule has 3 aromatic carbocycles. The van der Waals surface area contributed by atoms with Crippen LogP contribution in [0.3, 0.4) is 0 Å². The summed E-state index contributed by atoms with van der Waals surface area (Å²) in [6, 6.07) is 29.8. The molecule has 0 saturated heterocycles. The molecule has 0 heterocycles. The average Bonchev–Trinajstić information content (AvgIpc) is 2.76. The molecule has 0 spiro atoms. The Balaban J connectivity index is 1.87. The van der Waals surface area contributed by atoms with E-state index in [1.165, 1.54) is 0 Å². The van der Waals surface area contributed by atoms with Crippen LogP contribution in [-0.4, -0.2) is 22.0 Å². The topological polar surface area (TPSA) is 36.9 Å². The molecule has 4 nitrogen and oxygen atoms in total. The minimum atomic E-state index is -3.16. The molecule has 3 rings (SSSR count). The smallest absolute Gasteiger partial charge is 0.483 e. The molecular formula is C24H28O4Si. The van der Waals surface area contributed by atoms with Gasteiger partial charge in [0.25, 0.3) is 0 Å². The van der Waals surface area contributed by atoms with Crippen molar-refractivity contribution in [2.24, 2.45) is 0 Å². The zero-order valence-corrected chi connectivity index (χ0v) is 17.8. The highest BCUT2D eigenvalue weighted by Gasteiger charge is 2.48. The SMILES string of the molecule is CCCOCCC[Si](Oc1ccccc1)(Oc1ccccc1)Oc1ccccc1. The van der Waals surface area contributed by atoms with Gasteiger partial charge in [-0.2, -0.15) is 0 Å². The van der Waals surface area contributed by atoms with Crippen molar-refractivity contribution >= 4 is 8.80 Å². The van der Waals surface area contributed by atoms with Crippen molar-refractivity contribution in [3.05, 3.63) is 91.0 Å². The van der Waals surface area contributed by atoms with Crippen molar-refractivity contribution in [1.29, 1.82) is 0 Å². The molecule has 0 aliphatic heterocycles. The minimum Gasteiger partial charge on any atom is -0.483 e. The number of rotatable bonds is 12. The van der Waals surface area contributed by atoms with Gasteiger partial charge in [-0.25, -0.2) is 0 Å². The van der Waals surface area contributed by atoms with Crippen LogP contribution < -0.4 is 13.3 Å². The molecule has 0 atom stereocenters. The zero-order chi connectivity index (χ0) is 20.2. The Morgan fingerprint density at radius 1 is 0.586 bits per heavy atom. The van der Waals surface area contributed by atoms with Gasteiger partial charge in [0.15, 0.2) is 0 Å². The fourth-order valence-corrected chi connectivity index (χ4v) is 5.35. The highest BCUT2D eigenvalue weighted by atomic mass is 28.4. The summed E-state index contributed by atoms with van der Waals surface area (Å²) in [5.41, 5.74) is 0. The number of ether oxygens (including phenoxy) is 1. The van der Waals surface area contributed by atoms with E-state index in [2.05, 4.69) is 6.92 Å². The molecule has 0 bridgehead atoms. The Morgan fingerprint density at radius 3 is 1.38 bits per heavy atom. The maximum atomic E-state index is 6.46. The lowest BCUT2D eigenvalue weighted by atomic mass is 10.3. The monoisotopic (exact) mass is 408 g/mol. The van der Waals surface area contributed by atoms with Gasteiger partial charge in [0.2, 0.25) is 0 Å². The second-order valence-corrected chi connectivity index (χ2v) is 9.12. The third-order valence-corrected chi connectivity index (χ3v) is 6.78. The van der Waals surface area contributed by atoms with Gasteiger partial charge in [0.05, 0.1) is 6.04 Å². The van der Waals surface area contributed by atoms with E-state index in [1.54, 1.807) is 0 Å². The molecule has 3 aromatic rings. The Hall–Kier alpha value is -2.76. The molecule has 0 N–H and O–H groups in total. The first-order chi connectivity index (χ1) is 14.3. The molecule has 0 aromatic heterocycles. The van der Waals surface area contributed by atoms with Crippen LogP contribution in [0.4, 0.5) is 0 Å². The summed E-state index contributed by atoms with van der Waals surface area (Å²) in [5, 5.41) is 0. The summed E-state index contributed by atoms with van der Waals surface area (Å²) in [7, 11) is -3.16. The molecule has 0 radical (unpaired) electrons. The lowest BCUT2D eigenvalue weighted by molar-refractivity contribution is 0.131. The minimum absolute atomic E-state index is 0.634. The van der Waals surface area contributed by atoms with E-state index in [0.717, 1.165) is 36.7 Å². The van der Waals surface area contributed by atoms with Crippen molar-refractivity contribution in [3.63, 3.8) is 0 Å². The van der Waals surface area contributed by atoms with Crippen LogP contribution in [-0.2, 0) is 4.74 Å². The zero-order valence-electron chi connectivity index (χ0n) is 16.8. The quantitative estimate of drug-likeness (QED) is 0.273. The van der Waals surface area contributed by atoms with Crippen LogP contribution in [0.15, 0.2) is 91.0 Å². The normalized spacial score (nSPS) is 11.1. The van der Waals surface area contributed by atoms with Gasteiger partial charge < -0.3 is 18.0 Å². The Labute approximate surface area is 174 Å². The predicted octanol–water partition coefficient (Wildman–Crippen LogP) is 5.98. The van der Waals surface area contributed by atoms with E-state index in [0.29, 0.717) is 12.7 Å². The molecule has 0 unspecified atom stereocenters. The Kier molecular flexibility index (Phi) is 8.16. The first-order valence-corrected chi connectivity index (χ1v) is 12.0. The fourth-order valence-electron chi connectivity index (χ4n) is 2.86. The van der Waals surface area contributed by atoms with Crippen LogP contribution in [0.5, 0.6) is 17.2 Å². The molecule has 5 heteroatoms. The van der Waals surface area contributed by atoms with Crippen molar-refractivity contribution in [2.45, 2.75) is 25.8 Å². The number of hydrogen-bond acceptors (Lipinski definition) is 4. The van der Waals surface area contributed by atoms with E-state index in [4.69, 9.17) is 18.0 Å². The van der Waals surface area contributed by atoms with Gasteiger partial charge in [-0.3, -0.25) is 0 Å². The Bertz CT molecular complexity index is 711. The summed E-state index contributed by atoms with van der Waals surface area (Å²) >= 11 is 0. The van der Waals surface area contributed by atoms with Crippen LogP contribution in [0, 0.1) is 0 Å². The predicted molar refractivity (Wildman–Crippen MR) is 117 cm³/mol. The molecule has 0 aliphatic carbocycles. The standard InChI is InChI=1S/C24H28O4Si/c1-2-19-25-20-12-21-29(26-22-13-6-3-7-14-22,27-23-15-8-4-9-16-23)28-24-17-10-5-11-18-24/h3-11,13-18H,2,12,19-21H2,1H3. The van der Waals surface area contributed by atoms with E-state index in [-0.39, 0.29) is 0 Å². The van der Waals surface area contributed by atoms with Gasteiger partial charge in [-0.15, -0.1) is 0 Å². The molecule has 0 amide bonds. The van der Waals surface area contributed by atoms with Gasteiger partial charge in [-0.05, 0) is 49.2 Å². The Morgan fingerprint density at radius 2 is 1.00 bits per heavy atom. The number of hydrogen-bond donors (Lipinski definition) is 0. The van der Waals surface area contributed by atoms with Gasteiger partial charge in [0.1, 0.15) is 17.2 Å². The van der Waals surface area contributed by atoms with Gasteiger partial charge >= 0.3 is 8.80 Å². The average molecular weight is 409 g/mol. The van der Waals surface area contributed by atoms with E-state index < -0.39 is 8.80 Å². The third-order valence-electron chi connectivity index (χ3n) is 4.17. The van der Waals surface area contributed by atoms with Crippen molar-refractivity contribution in [2.75, 3.05) is 13.2 Å². The number of benzene rings is 3. The first kappa shape index (κ1) is 21.0. The van der Waals surface area contributed by atoms with Crippen LogP contribution in [0.2, 0.25) is 6.04 Å². The first-order valence-electron chi connectivity index (χ1n) is 10.1. The maximum absolute atomic E-state index is 6.46. The number of para-hydroxylation sites is 3. The summed E-state index contributed by atoms with van der Waals surface area (Å²) in [6.45, 7) is 3.51. The molecule has 152 valence electrons. The molecule has 29 heavy (non-hydrogen) atoms. The largest absolute Gasteiger partial charge is 0.699 e. The van der Waals surface area contributed by atoms with Crippen LogP contribution in [0.25, 0.3) is 0 Å². The van der Waals surface area contributed by atoms with Crippen molar-refractivity contribution in [3.8, 4) is 17.2 Å². The summed E-state index contributed by atoms with van der Waals surface area (Å²) in [4.78, 5) is 0. The lowest BCUT2D eigenvalue weighted by Crippen LogP contribution is -2.55. The summed E-state index contributed by atoms with van der Waals surface area (Å²) in [5.74, 6) is 2.21. The maximum Gasteiger partial charge on any atom is 0.699 e. The third kappa shape index (κ3) is 6.96. The molecule has 0 aliphatic rings. The van der Waals surface area contributed by atoms with Crippen molar-refractivity contribution in [1.82, 2.24) is 0 Å². The van der Waals surface area contributed by atoms with E-state index in [9.17, 15) is 0 Å². The summed E-state index contributed by atoms with van der Waals surface area (Å²) in [6.07, 6.45) is 1.79. The molecule has 0 fully saturated rings. The van der Waals surface area contributed by atoms with Crippen LogP contribution in [0.1, 0.15) is 19.8 Å². The lowest BCUT2D eigenvalue weighted by Gasteiger charge is -2.30. The van der Waals surface area contributed by atoms with Crippen LogP contribution >= 0.6 is 0 Å². The van der Waals surface area contributed by atoms with Gasteiger partial charge in [-0.1, -0.05) is 61.5 Å². The molecular weight excluding hydrogens is 380 g/mol. The van der Waals surface area contributed by atoms with E-state index in [1.807, 2.05) is 91.0 Å². The second-order valence-electron chi connectivity index (χ2n) is 6.64. The second kappa shape index (κ2) is 11.3. The molecule has 0 saturated carbocycles.